The molecule has 0 unspecified atom stereocenters. The number of likely N-dealkylation sites (tertiary alicyclic amines) is 1. The van der Waals surface area contributed by atoms with Gasteiger partial charge in [-0.3, -0.25) is 4.79 Å². The van der Waals surface area contributed by atoms with Gasteiger partial charge in [-0.05, 0) is 30.9 Å². The van der Waals surface area contributed by atoms with Crippen molar-refractivity contribution in [3.05, 3.63) is 21.9 Å². The van der Waals surface area contributed by atoms with Gasteiger partial charge in [-0.15, -0.1) is 11.3 Å². The first kappa shape index (κ1) is 16.8. The van der Waals surface area contributed by atoms with Gasteiger partial charge in [-0.25, -0.2) is 4.79 Å². The molecule has 22 heavy (non-hydrogen) atoms. The predicted octanol–water partition coefficient (Wildman–Crippen LogP) is 2.65. The number of carbonyl (C=O) groups excluding carboxylic acids is 2. The zero-order valence-corrected chi connectivity index (χ0v) is 14.2. The molecule has 0 spiro atoms. The van der Waals surface area contributed by atoms with Crippen LogP contribution in [0.5, 0.6) is 0 Å². The lowest BCUT2D eigenvalue weighted by molar-refractivity contribution is -0.148. The Balaban J connectivity index is 1.82. The molecule has 1 fully saturated rings. The first-order valence-electron chi connectivity index (χ1n) is 7.73. The van der Waals surface area contributed by atoms with Gasteiger partial charge in [0.15, 0.2) is 0 Å². The van der Waals surface area contributed by atoms with E-state index in [1.807, 2.05) is 6.92 Å². The highest BCUT2D eigenvalue weighted by Gasteiger charge is 2.33. The fraction of sp³-hybridized carbons (Fsp3) is 0.625. The molecule has 1 aromatic heterocycles. The van der Waals surface area contributed by atoms with Gasteiger partial charge in [0.25, 0.3) is 0 Å². The summed E-state index contributed by atoms with van der Waals surface area (Å²) < 4.78 is 4.82. The van der Waals surface area contributed by atoms with Crippen molar-refractivity contribution in [1.82, 2.24) is 10.2 Å². The zero-order chi connectivity index (χ0) is 16.1. The maximum atomic E-state index is 12.2. The number of urea groups is 1. The number of hydrogen-bond donors (Lipinski definition) is 1. The van der Waals surface area contributed by atoms with Gasteiger partial charge >= 0.3 is 12.0 Å². The molecule has 0 radical (unpaired) electrons. The van der Waals surface area contributed by atoms with Crippen LogP contribution in [0.3, 0.4) is 0 Å². The number of piperidine rings is 1. The van der Waals surface area contributed by atoms with Gasteiger partial charge < -0.3 is 15.0 Å². The summed E-state index contributed by atoms with van der Waals surface area (Å²) in [6, 6.07) is 4.12. The van der Waals surface area contributed by atoms with Gasteiger partial charge in [0, 0.05) is 22.8 Å². The van der Waals surface area contributed by atoms with Gasteiger partial charge in [0.2, 0.25) is 0 Å². The maximum absolute atomic E-state index is 12.2. The number of carbonyl (C=O) groups is 2. The Labute approximate surface area is 135 Å². The molecule has 0 bridgehead atoms. The number of rotatable bonds is 4. The van der Waals surface area contributed by atoms with E-state index in [1.165, 1.54) is 16.9 Å². The highest BCUT2D eigenvalue weighted by molar-refractivity contribution is 7.11. The second kappa shape index (κ2) is 7.63. The maximum Gasteiger partial charge on any atom is 0.317 e. The van der Waals surface area contributed by atoms with Crippen molar-refractivity contribution in [2.75, 3.05) is 20.2 Å². The molecule has 1 N–H and O–H groups in total. The number of nitrogens with one attached hydrogen (secondary N) is 1. The SMILES string of the molecule is CCc1ccc(CNC(=O)N2CC[C@H](C(=O)OC)[C@@H](C)C2)s1. The molecule has 6 heteroatoms. The third-order valence-electron chi connectivity index (χ3n) is 4.18. The number of ether oxygens (including phenoxy) is 1. The van der Waals surface area contributed by atoms with E-state index < -0.39 is 0 Å². The monoisotopic (exact) mass is 324 g/mol. The fourth-order valence-corrected chi connectivity index (χ4v) is 3.71. The van der Waals surface area contributed by atoms with Crippen LogP contribution in [0.1, 0.15) is 30.0 Å². The largest absolute Gasteiger partial charge is 0.469 e. The van der Waals surface area contributed by atoms with Crippen LogP contribution >= 0.6 is 11.3 Å². The lowest BCUT2D eigenvalue weighted by Crippen LogP contribution is -2.48. The van der Waals surface area contributed by atoms with Crippen LogP contribution in [0, 0.1) is 11.8 Å². The lowest BCUT2D eigenvalue weighted by atomic mass is 9.87. The summed E-state index contributed by atoms with van der Waals surface area (Å²) in [4.78, 5) is 28.2. The molecular formula is C16H24N2O3S. The molecule has 1 aliphatic heterocycles. The minimum absolute atomic E-state index is 0.0541. The third-order valence-corrected chi connectivity index (χ3v) is 5.41. The predicted molar refractivity (Wildman–Crippen MR) is 86.8 cm³/mol. The molecule has 2 rings (SSSR count). The third kappa shape index (κ3) is 4.00. The second-order valence-corrected chi connectivity index (χ2v) is 6.97. The second-order valence-electron chi connectivity index (χ2n) is 5.72. The Kier molecular flexibility index (Phi) is 5.83. The number of methoxy groups -OCH3 is 1. The Bertz CT molecular complexity index is 529. The van der Waals surface area contributed by atoms with Crippen LogP contribution in [0.2, 0.25) is 0 Å². The first-order chi connectivity index (χ1) is 10.5. The van der Waals surface area contributed by atoms with Gasteiger partial charge in [-0.2, -0.15) is 0 Å². The summed E-state index contributed by atoms with van der Waals surface area (Å²) in [5.74, 6) is -0.142. The van der Waals surface area contributed by atoms with Crippen molar-refractivity contribution in [2.45, 2.75) is 33.2 Å². The zero-order valence-electron chi connectivity index (χ0n) is 13.4. The Morgan fingerprint density at radius 1 is 1.41 bits per heavy atom. The van der Waals surface area contributed by atoms with Gasteiger partial charge in [-0.1, -0.05) is 13.8 Å². The van der Waals surface area contributed by atoms with Crippen LogP contribution in [-0.2, 0) is 22.5 Å². The molecule has 0 aliphatic carbocycles. The van der Waals surface area contributed by atoms with E-state index in [9.17, 15) is 9.59 Å². The van der Waals surface area contributed by atoms with Crippen LogP contribution in [0.25, 0.3) is 0 Å². The fourth-order valence-electron chi connectivity index (χ4n) is 2.81. The summed E-state index contributed by atoms with van der Waals surface area (Å²) in [5.41, 5.74) is 0. The molecule has 5 nitrogen and oxygen atoms in total. The molecule has 2 atom stereocenters. The van der Waals surface area contributed by atoms with Crippen molar-refractivity contribution in [2.24, 2.45) is 11.8 Å². The smallest absolute Gasteiger partial charge is 0.317 e. The standard InChI is InChI=1S/C16H24N2O3S/c1-4-12-5-6-13(22-12)9-17-16(20)18-8-7-14(11(2)10-18)15(19)21-3/h5-6,11,14H,4,7-10H2,1-3H3,(H,17,20)/t11-,14-/m0/s1. The van der Waals surface area contributed by atoms with E-state index >= 15 is 0 Å². The van der Waals surface area contributed by atoms with Gasteiger partial charge in [0.1, 0.15) is 0 Å². The number of thiophene rings is 1. The molecule has 2 amide bonds. The normalized spacial score (nSPS) is 21.5. The number of aryl methyl sites for hydroxylation is 1. The molecule has 122 valence electrons. The highest BCUT2D eigenvalue weighted by Crippen LogP contribution is 2.24. The van der Waals surface area contributed by atoms with Crippen molar-refractivity contribution in [3.8, 4) is 0 Å². The van der Waals surface area contributed by atoms with E-state index in [4.69, 9.17) is 4.74 Å². The molecule has 0 aromatic carbocycles. The summed E-state index contributed by atoms with van der Waals surface area (Å²) in [7, 11) is 1.42. The molecule has 1 saturated heterocycles. The van der Waals surface area contributed by atoms with Crippen LogP contribution in [0.4, 0.5) is 4.79 Å². The van der Waals surface area contributed by atoms with Crippen molar-refractivity contribution in [1.29, 1.82) is 0 Å². The minimum atomic E-state index is -0.168. The summed E-state index contributed by atoms with van der Waals surface area (Å²) in [5, 5.41) is 2.97. The Morgan fingerprint density at radius 2 is 2.14 bits per heavy atom. The van der Waals surface area contributed by atoms with E-state index in [1.54, 1.807) is 16.2 Å². The molecular weight excluding hydrogens is 300 g/mol. The average molecular weight is 324 g/mol. The number of hydrogen-bond acceptors (Lipinski definition) is 4. The first-order valence-corrected chi connectivity index (χ1v) is 8.55. The summed E-state index contributed by atoms with van der Waals surface area (Å²) in [6.07, 6.45) is 1.69. The molecule has 1 aromatic rings. The highest BCUT2D eigenvalue weighted by atomic mass is 32.1. The van der Waals surface area contributed by atoms with Crippen LogP contribution in [-0.4, -0.2) is 37.1 Å². The molecule has 1 aliphatic rings. The van der Waals surface area contributed by atoms with Crippen LogP contribution in [0.15, 0.2) is 12.1 Å². The number of amides is 2. The summed E-state index contributed by atoms with van der Waals surface area (Å²) >= 11 is 1.73. The quantitative estimate of drug-likeness (QED) is 0.866. The summed E-state index contributed by atoms with van der Waals surface area (Å²) in [6.45, 7) is 5.88. The van der Waals surface area contributed by atoms with Crippen molar-refractivity contribution in [3.63, 3.8) is 0 Å². The van der Waals surface area contributed by atoms with Crippen molar-refractivity contribution < 1.29 is 14.3 Å². The Morgan fingerprint density at radius 3 is 2.73 bits per heavy atom. The Hall–Kier alpha value is -1.56. The van der Waals surface area contributed by atoms with E-state index in [0.29, 0.717) is 26.1 Å². The average Bonchev–Trinajstić information content (AvgIpc) is 2.99. The lowest BCUT2D eigenvalue weighted by Gasteiger charge is -2.35. The van der Waals surface area contributed by atoms with Gasteiger partial charge in [0.05, 0.1) is 19.6 Å². The minimum Gasteiger partial charge on any atom is -0.469 e. The van der Waals surface area contributed by atoms with E-state index in [0.717, 1.165) is 6.42 Å². The number of esters is 1. The molecule has 2 heterocycles. The van der Waals surface area contributed by atoms with Crippen LogP contribution < -0.4 is 5.32 Å². The van der Waals surface area contributed by atoms with E-state index in [-0.39, 0.29) is 23.8 Å². The molecule has 0 saturated carbocycles. The van der Waals surface area contributed by atoms with E-state index in [2.05, 4.69) is 24.4 Å². The number of nitrogens with zero attached hydrogens (tertiary/aromatic N) is 1. The van der Waals surface area contributed by atoms with Crippen molar-refractivity contribution >= 4 is 23.3 Å². The topological polar surface area (TPSA) is 58.6 Å².